The number of rotatable bonds is 5. The van der Waals surface area contributed by atoms with Crippen molar-refractivity contribution in [2.45, 2.75) is 25.7 Å². The van der Waals surface area contributed by atoms with Crippen molar-refractivity contribution >= 4 is 22.8 Å². The van der Waals surface area contributed by atoms with Gasteiger partial charge in [-0.25, -0.2) is 0 Å². The van der Waals surface area contributed by atoms with Crippen molar-refractivity contribution in [2.75, 3.05) is 6.54 Å². The first-order valence-corrected chi connectivity index (χ1v) is 7.06. The summed E-state index contributed by atoms with van der Waals surface area (Å²) in [6.45, 7) is 0.400. The molecular formula is C16H17NO4. The van der Waals surface area contributed by atoms with Gasteiger partial charge in [0.25, 0.3) is 5.91 Å². The number of fused-ring (bicyclic) bond motifs is 1. The Labute approximate surface area is 121 Å². The minimum atomic E-state index is -0.808. The Morgan fingerprint density at radius 3 is 2.71 bits per heavy atom. The van der Waals surface area contributed by atoms with E-state index in [1.165, 1.54) is 6.26 Å². The van der Waals surface area contributed by atoms with Crippen molar-refractivity contribution in [1.29, 1.82) is 0 Å². The van der Waals surface area contributed by atoms with Gasteiger partial charge in [-0.3, -0.25) is 9.59 Å². The van der Waals surface area contributed by atoms with Crippen LogP contribution in [-0.4, -0.2) is 23.5 Å². The van der Waals surface area contributed by atoms with Gasteiger partial charge in [-0.1, -0.05) is 24.6 Å². The molecule has 2 aromatic rings. The first kappa shape index (κ1) is 13.7. The monoisotopic (exact) mass is 287 g/mol. The number of carbonyl (C=O) groups excluding carboxylic acids is 1. The molecule has 0 unspecified atom stereocenters. The van der Waals surface area contributed by atoms with Gasteiger partial charge in [-0.15, -0.1) is 0 Å². The predicted molar refractivity (Wildman–Crippen MR) is 77.1 cm³/mol. The molecule has 0 atom stereocenters. The maximum absolute atomic E-state index is 12.3. The topological polar surface area (TPSA) is 79.5 Å². The molecule has 0 radical (unpaired) electrons. The van der Waals surface area contributed by atoms with E-state index in [1.807, 2.05) is 24.3 Å². The second kappa shape index (κ2) is 5.24. The fourth-order valence-electron chi connectivity index (χ4n) is 2.93. The molecule has 2 N–H and O–H groups in total. The van der Waals surface area contributed by atoms with Crippen LogP contribution in [0.3, 0.4) is 0 Å². The molecule has 110 valence electrons. The SMILES string of the molecule is O=C(O)CC1(CNC(=O)c2coc3ccccc23)CCC1. The quantitative estimate of drug-likeness (QED) is 0.886. The Bertz CT molecular complexity index is 684. The van der Waals surface area contributed by atoms with Crippen LogP contribution in [0, 0.1) is 5.41 Å². The van der Waals surface area contributed by atoms with Crippen molar-refractivity contribution in [3.63, 3.8) is 0 Å². The first-order chi connectivity index (χ1) is 10.1. The van der Waals surface area contributed by atoms with Crippen molar-refractivity contribution in [2.24, 2.45) is 5.41 Å². The van der Waals surface area contributed by atoms with Gasteiger partial charge in [-0.05, 0) is 24.3 Å². The number of aliphatic carboxylic acids is 1. The van der Waals surface area contributed by atoms with Gasteiger partial charge >= 0.3 is 5.97 Å². The molecule has 1 aromatic heterocycles. The number of carboxylic acid groups (broad SMARTS) is 1. The van der Waals surface area contributed by atoms with Gasteiger partial charge in [0, 0.05) is 11.9 Å². The van der Waals surface area contributed by atoms with Crippen LogP contribution in [0.25, 0.3) is 11.0 Å². The highest BCUT2D eigenvalue weighted by atomic mass is 16.4. The lowest BCUT2D eigenvalue weighted by Gasteiger charge is -2.40. The van der Waals surface area contributed by atoms with E-state index in [1.54, 1.807) is 0 Å². The number of furan rings is 1. The molecule has 0 aliphatic heterocycles. The molecule has 1 amide bonds. The summed E-state index contributed by atoms with van der Waals surface area (Å²) in [7, 11) is 0. The molecule has 0 bridgehead atoms. The molecular weight excluding hydrogens is 270 g/mol. The molecule has 1 fully saturated rings. The van der Waals surface area contributed by atoms with Gasteiger partial charge in [0.05, 0.1) is 12.0 Å². The Morgan fingerprint density at radius 1 is 1.29 bits per heavy atom. The molecule has 1 saturated carbocycles. The Balaban J connectivity index is 1.70. The van der Waals surface area contributed by atoms with E-state index < -0.39 is 5.97 Å². The summed E-state index contributed by atoms with van der Waals surface area (Å²) in [5.41, 5.74) is 0.892. The van der Waals surface area contributed by atoms with E-state index in [-0.39, 0.29) is 17.7 Å². The van der Waals surface area contributed by atoms with E-state index in [0.717, 1.165) is 24.6 Å². The van der Waals surface area contributed by atoms with Crippen LogP contribution in [0.5, 0.6) is 0 Å². The minimum Gasteiger partial charge on any atom is -0.481 e. The third-order valence-electron chi connectivity index (χ3n) is 4.29. The highest BCUT2D eigenvalue weighted by Crippen LogP contribution is 2.43. The summed E-state index contributed by atoms with van der Waals surface area (Å²) < 4.78 is 5.35. The van der Waals surface area contributed by atoms with Gasteiger partial charge < -0.3 is 14.8 Å². The third kappa shape index (κ3) is 2.63. The Kier molecular flexibility index (Phi) is 3.41. The fourth-order valence-corrected chi connectivity index (χ4v) is 2.93. The largest absolute Gasteiger partial charge is 0.481 e. The molecule has 1 aliphatic rings. The normalized spacial score (nSPS) is 16.4. The molecule has 5 nitrogen and oxygen atoms in total. The van der Waals surface area contributed by atoms with Gasteiger partial charge in [0.15, 0.2) is 0 Å². The summed E-state index contributed by atoms with van der Waals surface area (Å²) in [6, 6.07) is 7.35. The lowest BCUT2D eigenvalue weighted by atomic mass is 9.66. The first-order valence-electron chi connectivity index (χ1n) is 7.06. The van der Waals surface area contributed by atoms with Crippen LogP contribution in [0.15, 0.2) is 34.9 Å². The molecule has 1 heterocycles. The number of carbonyl (C=O) groups is 2. The van der Waals surface area contributed by atoms with E-state index in [4.69, 9.17) is 9.52 Å². The summed E-state index contributed by atoms with van der Waals surface area (Å²) >= 11 is 0. The number of para-hydroxylation sites is 1. The summed E-state index contributed by atoms with van der Waals surface area (Å²) in [5, 5.41) is 12.6. The minimum absolute atomic E-state index is 0.111. The summed E-state index contributed by atoms with van der Waals surface area (Å²) in [5.74, 6) is -1.02. The van der Waals surface area contributed by atoms with E-state index in [9.17, 15) is 9.59 Å². The lowest BCUT2D eigenvalue weighted by Crippen LogP contribution is -2.43. The van der Waals surface area contributed by atoms with Crippen molar-refractivity contribution in [3.05, 3.63) is 36.1 Å². The van der Waals surface area contributed by atoms with Gasteiger partial charge in [-0.2, -0.15) is 0 Å². The maximum atomic E-state index is 12.3. The zero-order valence-electron chi connectivity index (χ0n) is 11.6. The van der Waals surface area contributed by atoms with Crippen LogP contribution in [-0.2, 0) is 4.79 Å². The molecule has 1 aliphatic carbocycles. The molecule has 0 spiro atoms. The van der Waals surface area contributed by atoms with Gasteiger partial charge in [0.1, 0.15) is 11.8 Å². The lowest BCUT2D eigenvalue weighted by molar-refractivity contribution is -0.141. The average molecular weight is 287 g/mol. The number of carboxylic acids is 1. The number of hydrogen-bond donors (Lipinski definition) is 2. The van der Waals surface area contributed by atoms with Crippen molar-refractivity contribution in [3.8, 4) is 0 Å². The second-order valence-electron chi connectivity index (χ2n) is 5.75. The second-order valence-corrected chi connectivity index (χ2v) is 5.75. The number of amides is 1. The van der Waals surface area contributed by atoms with E-state index >= 15 is 0 Å². The van der Waals surface area contributed by atoms with Crippen LogP contribution >= 0.6 is 0 Å². The average Bonchev–Trinajstić information content (AvgIpc) is 2.85. The molecule has 21 heavy (non-hydrogen) atoms. The zero-order valence-corrected chi connectivity index (χ0v) is 11.6. The third-order valence-corrected chi connectivity index (χ3v) is 4.29. The smallest absolute Gasteiger partial charge is 0.303 e. The highest BCUT2D eigenvalue weighted by Gasteiger charge is 2.39. The maximum Gasteiger partial charge on any atom is 0.303 e. The number of benzene rings is 1. The molecule has 5 heteroatoms. The predicted octanol–water partition coefficient (Wildman–Crippen LogP) is 2.81. The van der Waals surface area contributed by atoms with E-state index in [0.29, 0.717) is 17.7 Å². The van der Waals surface area contributed by atoms with Crippen LogP contribution in [0.2, 0.25) is 0 Å². The highest BCUT2D eigenvalue weighted by molar-refractivity contribution is 6.05. The standard InChI is InChI=1S/C16H17NO4/c18-14(19)8-16(6-3-7-16)10-17-15(20)12-9-21-13-5-2-1-4-11(12)13/h1-2,4-5,9H,3,6-8,10H2,(H,17,20)(H,18,19). The molecule has 1 aromatic carbocycles. The fraction of sp³-hybridized carbons (Fsp3) is 0.375. The van der Waals surface area contributed by atoms with Crippen molar-refractivity contribution < 1.29 is 19.1 Å². The molecule has 3 rings (SSSR count). The van der Waals surface area contributed by atoms with Crippen LogP contribution in [0.1, 0.15) is 36.0 Å². The molecule has 0 saturated heterocycles. The summed E-state index contributed by atoms with van der Waals surface area (Å²) in [4.78, 5) is 23.2. The number of nitrogens with one attached hydrogen (secondary N) is 1. The van der Waals surface area contributed by atoms with Crippen molar-refractivity contribution in [1.82, 2.24) is 5.32 Å². The zero-order chi connectivity index (χ0) is 14.9. The summed E-state index contributed by atoms with van der Waals surface area (Å²) in [6.07, 6.45) is 4.29. The van der Waals surface area contributed by atoms with Crippen LogP contribution < -0.4 is 5.32 Å². The van der Waals surface area contributed by atoms with Crippen LogP contribution in [0.4, 0.5) is 0 Å². The van der Waals surface area contributed by atoms with Gasteiger partial charge in [0.2, 0.25) is 0 Å². The number of hydrogen-bond acceptors (Lipinski definition) is 3. The Hall–Kier alpha value is -2.30. The Morgan fingerprint density at radius 2 is 2.05 bits per heavy atom. The van der Waals surface area contributed by atoms with E-state index in [2.05, 4.69) is 5.32 Å².